The molecule has 1 aliphatic rings. The number of rotatable bonds is 3. The number of fused-ring (bicyclic) bond motifs is 3. The average Bonchev–Trinajstić information content (AvgIpc) is 2.89. The molecule has 3 rings (SSSR count). The van der Waals surface area contributed by atoms with Crippen LogP contribution < -0.4 is 0 Å². The van der Waals surface area contributed by atoms with Gasteiger partial charge in [-0.1, -0.05) is 12.0 Å². The molecule has 96 valence electrons. The number of halogens is 1. The molecule has 4 nitrogen and oxygen atoms in total. The van der Waals surface area contributed by atoms with Crippen molar-refractivity contribution in [3.05, 3.63) is 57.8 Å². The highest BCUT2D eigenvalue weighted by Gasteiger charge is 2.22. The topological polar surface area (TPSA) is 53.7 Å². The van der Waals surface area contributed by atoms with Crippen LogP contribution >= 0.6 is 0 Å². The largest absolute Gasteiger partial charge is 0.347 e. The van der Waals surface area contributed by atoms with E-state index in [1.807, 2.05) is 19.2 Å². The summed E-state index contributed by atoms with van der Waals surface area (Å²) in [5.74, 6) is -0.196. The molecule has 1 aromatic heterocycles. The van der Waals surface area contributed by atoms with Crippen LogP contribution in [0.25, 0.3) is 21.7 Å². The van der Waals surface area contributed by atoms with Crippen LogP contribution in [0, 0.1) is 5.82 Å². The first-order valence-electron chi connectivity index (χ1n) is 6.20. The predicted molar refractivity (Wildman–Crippen MR) is 71.2 cm³/mol. The zero-order chi connectivity index (χ0) is 13.4. The van der Waals surface area contributed by atoms with Gasteiger partial charge in [0.2, 0.25) is 0 Å². The normalized spacial score (nSPS) is 13.6. The summed E-state index contributed by atoms with van der Waals surface area (Å²) in [6, 6.07) is 6.85. The van der Waals surface area contributed by atoms with E-state index in [-0.39, 0.29) is 11.9 Å². The maximum atomic E-state index is 13.2. The lowest BCUT2D eigenvalue weighted by Crippen LogP contribution is -2.09. The monoisotopic (exact) mass is 256 g/mol. The van der Waals surface area contributed by atoms with Crippen molar-refractivity contribution in [1.82, 2.24) is 4.57 Å². The lowest BCUT2D eigenvalue weighted by Gasteiger charge is -2.11. The molecule has 1 heterocycles. The van der Waals surface area contributed by atoms with Gasteiger partial charge in [-0.25, -0.2) is 4.39 Å². The van der Waals surface area contributed by atoms with Crippen LogP contribution in [0.4, 0.5) is 4.39 Å². The van der Waals surface area contributed by atoms with Gasteiger partial charge in [0.05, 0.1) is 11.7 Å². The third kappa shape index (κ3) is 1.98. The lowest BCUT2D eigenvalue weighted by molar-refractivity contribution is 0.593. The highest BCUT2D eigenvalue weighted by atomic mass is 19.1. The van der Waals surface area contributed by atoms with Crippen molar-refractivity contribution >= 4 is 0 Å². The van der Waals surface area contributed by atoms with Gasteiger partial charge < -0.3 is 4.57 Å². The summed E-state index contributed by atoms with van der Waals surface area (Å²) in [5.41, 5.74) is 12.9. The first kappa shape index (κ1) is 11.8. The fraction of sp³-hybridized carbons (Fsp3) is 0.286. The summed E-state index contributed by atoms with van der Waals surface area (Å²) in [6.45, 7) is 2.52. The SMILES string of the molecule is CC(Cn1ccc2c1-c1ccc(F)cc1C2)N=[N+]=[N-]. The van der Waals surface area contributed by atoms with Gasteiger partial charge in [-0.3, -0.25) is 0 Å². The van der Waals surface area contributed by atoms with E-state index in [4.69, 9.17) is 5.53 Å². The second kappa shape index (κ2) is 4.44. The van der Waals surface area contributed by atoms with Gasteiger partial charge in [0, 0.05) is 29.6 Å². The van der Waals surface area contributed by atoms with E-state index in [1.165, 1.54) is 11.6 Å². The number of aromatic nitrogens is 1. The maximum absolute atomic E-state index is 13.2. The van der Waals surface area contributed by atoms with Crippen molar-refractivity contribution in [1.29, 1.82) is 0 Å². The fourth-order valence-electron chi connectivity index (χ4n) is 2.69. The van der Waals surface area contributed by atoms with Gasteiger partial charge >= 0.3 is 0 Å². The van der Waals surface area contributed by atoms with E-state index in [0.717, 1.165) is 23.2 Å². The molecule has 0 aliphatic heterocycles. The summed E-state index contributed by atoms with van der Waals surface area (Å²) in [7, 11) is 0. The third-order valence-electron chi connectivity index (χ3n) is 3.46. The molecule has 0 saturated carbocycles. The minimum absolute atomic E-state index is 0.106. The zero-order valence-corrected chi connectivity index (χ0v) is 10.5. The summed E-state index contributed by atoms with van der Waals surface area (Å²) in [5, 5.41) is 3.69. The first-order chi connectivity index (χ1) is 9.19. The van der Waals surface area contributed by atoms with Crippen LogP contribution in [0.2, 0.25) is 0 Å². The molecule has 0 N–H and O–H groups in total. The van der Waals surface area contributed by atoms with Crippen molar-refractivity contribution in [2.45, 2.75) is 25.9 Å². The van der Waals surface area contributed by atoms with Gasteiger partial charge in [0.1, 0.15) is 5.82 Å². The molecule has 0 radical (unpaired) electrons. The molecular weight excluding hydrogens is 243 g/mol. The molecular formula is C14H13FN4. The van der Waals surface area contributed by atoms with Crippen molar-refractivity contribution in [3.63, 3.8) is 0 Å². The van der Waals surface area contributed by atoms with Crippen molar-refractivity contribution in [3.8, 4) is 11.3 Å². The quantitative estimate of drug-likeness (QED) is 0.388. The minimum Gasteiger partial charge on any atom is -0.347 e. The summed E-state index contributed by atoms with van der Waals surface area (Å²) in [6.07, 6.45) is 2.77. The average molecular weight is 256 g/mol. The van der Waals surface area contributed by atoms with Crippen molar-refractivity contribution in [2.75, 3.05) is 0 Å². The molecule has 5 heteroatoms. The number of azide groups is 1. The molecule has 0 bridgehead atoms. The molecule has 0 amide bonds. The van der Waals surface area contributed by atoms with Crippen LogP contribution in [0.1, 0.15) is 18.1 Å². The van der Waals surface area contributed by atoms with Gasteiger partial charge in [-0.2, -0.15) is 0 Å². The Hall–Kier alpha value is -2.26. The van der Waals surface area contributed by atoms with E-state index in [1.54, 1.807) is 6.07 Å². The Kier molecular flexibility index (Phi) is 2.76. The van der Waals surface area contributed by atoms with Crippen molar-refractivity contribution in [2.24, 2.45) is 5.11 Å². The molecule has 2 aromatic rings. The Morgan fingerprint density at radius 2 is 2.26 bits per heavy atom. The summed E-state index contributed by atoms with van der Waals surface area (Å²) < 4.78 is 15.3. The van der Waals surface area contributed by atoms with E-state index >= 15 is 0 Å². The van der Waals surface area contributed by atoms with Gasteiger partial charge in [-0.05, 0) is 40.9 Å². The molecule has 0 saturated heterocycles. The van der Waals surface area contributed by atoms with Crippen LogP contribution in [0.3, 0.4) is 0 Å². The Morgan fingerprint density at radius 3 is 3.05 bits per heavy atom. The highest BCUT2D eigenvalue weighted by Crippen LogP contribution is 2.37. The zero-order valence-electron chi connectivity index (χ0n) is 10.5. The summed E-state index contributed by atoms with van der Waals surface area (Å²) >= 11 is 0. The lowest BCUT2D eigenvalue weighted by atomic mass is 10.1. The molecule has 19 heavy (non-hydrogen) atoms. The molecule has 0 fully saturated rings. The standard InChI is InChI=1S/C14H13FN4/c1-9(17-18-16)8-19-5-4-10-6-11-7-12(15)2-3-13(11)14(10)19/h2-5,7,9H,6,8H2,1H3. The van der Waals surface area contributed by atoms with Gasteiger partial charge in [0.15, 0.2) is 0 Å². The van der Waals surface area contributed by atoms with Gasteiger partial charge in [0.25, 0.3) is 0 Å². The second-order valence-electron chi connectivity index (χ2n) is 4.87. The van der Waals surface area contributed by atoms with Gasteiger partial charge in [-0.15, -0.1) is 0 Å². The van der Waals surface area contributed by atoms with E-state index in [9.17, 15) is 4.39 Å². The van der Waals surface area contributed by atoms with E-state index < -0.39 is 0 Å². The number of hydrogen-bond donors (Lipinski definition) is 0. The van der Waals surface area contributed by atoms with Crippen LogP contribution in [-0.4, -0.2) is 10.6 Å². The molecule has 1 unspecified atom stereocenters. The van der Waals surface area contributed by atoms with Crippen molar-refractivity contribution < 1.29 is 4.39 Å². The van der Waals surface area contributed by atoms with Crippen LogP contribution in [0.5, 0.6) is 0 Å². The number of nitrogens with zero attached hydrogens (tertiary/aromatic N) is 4. The molecule has 1 aromatic carbocycles. The fourth-order valence-corrected chi connectivity index (χ4v) is 2.69. The second-order valence-corrected chi connectivity index (χ2v) is 4.87. The van der Waals surface area contributed by atoms with E-state index in [0.29, 0.717) is 6.54 Å². The Morgan fingerprint density at radius 1 is 1.42 bits per heavy atom. The molecule has 1 aliphatic carbocycles. The third-order valence-corrected chi connectivity index (χ3v) is 3.46. The Balaban J connectivity index is 2.00. The van der Waals surface area contributed by atoms with E-state index in [2.05, 4.69) is 20.7 Å². The first-order valence-corrected chi connectivity index (χ1v) is 6.20. The number of benzene rings is 1. The highest BCUT2D eigenvalue weighted by molar-refractivity contribution is 5.74. The Labute approximate surface area is 110 Å². The van der Waals surface area contributed by atoms with Crippen LogP contribution in [0.15, 0.2) is 35.6 Å². The molecule has 1 atom stereocenters. The smallest absolute Gasteiger partial charge is 0.123 e. The summed E-state index contributed by atoms with van der Waals surface area (Å²) in [4.78, 5) is 2.83. The maximum Gasteiger partial charge on any atom is 0.123 e. The Bertz CT molecular complexity index is 683. The van der Waals surface area contributed by atoms with Crippen LogP contribution in [-0.2, 0) is 13.0 Å². The minimum atomic E-state index is -0.196. The predicted octanol–water partition coefficient (Wildman–Crippen LogP) is 3.90. The number of hydrogen-bond acceptors (Lipinski definition) is 1. The molecule has 0 spiro atoms.